The average Bonchev–Trinajstić information content (AvgIpc) is 2.47. The summed E-state index contributed by atoms with van der Waals surface area (Å²) in [5.74, 6) is 0.774. The molecule has 1 amide bonds. The molecule has 0 spiro atoms. The van der Waals surface area contributed by atoms with Gasteiger partial charge in [0.1, 0.15) is 0 Å². The van der Waals surface area contributed by atoms with Gasteiger partial charge in [-0.05, 0) is 12.5 Å². The van der Waals surface area contributed by atoms with Crippen molar-refractivity contribution in [1.82, 2.24) is 14.9 Å². The van der Waals surface area contributed by atoms with Gasteiger partial charge in [0.25, 0.3) is 0 Å². The van der Waals surface area contributed by atoms with Crippen molar-refractivity contribution in [2.45, 2.75) is 19.4 Å². The van der Waals surface area contributed by atoms with Crippen LogP contribution >= 0.6 is 0 Å². The van der Waals surface area contributed by atoms with Crippen LogP contribution in [0.1, 0.15) is 13.3 Å². The third-order valence-electron chi connectivity index (χ3n) is 3.18. The minimum Gasteiger partial charge on any atom is -0.338 e. The Kier molecular flexibility index (Phi) is 4.09. The molecular formula is C12H19N5O. The van der Waals surface area contributed by atoms with Crippen LogP contribution in [-0.2, 0) is 4.79 Å². The maximum atomic E-state index is 11.9. The molecule has 0 radical (unpaired) electrons. The quantitative estimate of drug-likeness (QED) is 0.807. The maximum absolute atomic E-state index is 11.9. The highest BCUT2D eigenvalue weighted by Crippen LogP contribution is 2.10. The number of carbonyl (C=O) groups excluding carboxylic acids is 1. The molecule has 1 atom stereocenters. The van der Waals surface area contributed by atoms with E-state index in [1.165, 1.54) is 0 Å². The largest absolute Gasteiger partial charge is 0.338 e. The molecule has 1 fully saturated rings. The van der Waals surface area contributed by atoms with E-state index in [9.17, 15) is 4.79 Å². The van der Waals surface area contributed by atoms with E-state index in [2.05, 4.69) is 14.9 Å². The van der Waals surface area contributed by atoms with Crippen molar-refractivity contribution in [2.24, 2.45) is 5.73 Å². The summed E-state index contributed by atoms with van der Waals surface area (Å²) in [5, 5.41) is 0. The average molecular weight is 249 g/mol. The third kappa shape index (κ3) is 2.76. The summed E-state index contributed by atoms with van der Waals surface area (Å²) in [7, 11) is 0. The highest BCUT2D eigenvalue weighted by Gasteiger charge is 2.25. The predicted octanol–water partition coefficient (Wildman–Crippen LogP) is -0.137. The topological polar surface area (TPSA) is 75.4 Å². The number of nitrogens with zero attached hydrogens (tertiary/aromatic N) is 4. The first-order valence-electron chi connectivity index (χ1n) is 6.28. The third-order valence-corrected chi connectivity index (χ3v) is 3.18. The van der Waals surface area contributed by atoms with E-state index in [-0.39, 0.29) is 11.9 Å². The molecule has 98 valence electrons. The minimum atomic E-state index is -0.371. The predicted molar refractivity (Wildman–Crippen MR) is 69.1 cm³/mol. The minimum absolute atomic E-state index is 0.0473. The zero-order valence-electron chi connectivity index (χ0n) is 10.6. The second kappa shape index (κ2) is 5.77. The monoisotopic (exact) mass is 249 g/mol. The van der Waals surface area contributed by atoms with Crippen LogP contribution in [0.25, 0.3) is 0 Å². The molecule has 1 aliphatic heterocycles. The Morgan fingerprint density at radius 3 is 2.50 bits per heavy atom. The van der Waals surface area contributed by atoms with Gasteiger partial charge in [-0.3, -0.25) is 4.79 Å². The van der Waals surface area contributed by atoms with Gasteiger partial charge in [-0.1, -0.05) is 6.92 Å². The van der Waals surface area contributed by atoms with Crippen LogP contribution in [0.15, 0.2) is 18.5 Å². The van der Waals surface area contributed by atoms with E-state index in [1.807, 2.05) is 11.8 Å². The standard InChI is InChI=1S/C12H19N5O/c1-2-10(13)11(18)16-6-8-17(9-7-16)12-14-4-3-5-15-12/h3-5,10H,2,6-9,13H2,1H3/t10-/m0/s1. The van der Waals surface area contributed by atoms with Crippen molar-refractivity contribution in [3.63, 3.8) is 0 Å². The Bertz CT molecular complexity index is 389. The van der Waals surface area contributed by atoms with Gasteiger partial charge < -0.3 is 15.5 Å². The van der Waals surface area contributed by atoms with E-state index < -0.39 is 0 Å². The number of piperazine rings is 1. The number of nitrogens with two attached hydrogens (primary N) is 1. The second-order valence-corrected chi connectivity index (χ2v) is 4.38. The summed E-state index contributed by atoms with van der Waals surface area (Å²) in [6, 6.07) is 1.42. The smallest absolute Gasteiger partial charge is 0.239 e. The van der Waals surface area contributed by atoms with Crippen molar-refractivity contribution in [3.8, 4) is 0 Å². The molecule has 0 aliphatic carbocycles. The van der Waals surface area contributed by atoms with Gasteiger partial charge in [-0.25, -0.2) is 9.97 Å². The number of hydrogen-bond donors (Lipinski definition) is 1. The number of amides is 1. The lowest BCUT2D eigenvalue weighted by Gasteiger charge is -2.35. The lowest BCUT2D eigenvalue weighted by atomic mass is 10.2. The SMILES string of the molecule is CC[C@H](N)C(=O)N1CCN(c2ncccn2)CC1. The molecule has 6 heteroatoms. The van der Waals surface area contributed by atoms with E-state index in [4.69, 9.17) is 5.73 Å². The number of rotatable bonds is 3. The summed E-state index contributed by atoms with van der Waals surface area (Å²) in [6.07, 6.45) is 4.14. The molecule has 1 saturated heterocycles. The van der Waals surface area contributed by atoms with Crippen LogP contribution < -0.4 is 10.6 Å². The Balaban J connectivity index is 1.90. The molecule has 6 nitrogen and oxygen atoms in total. The first-order chi connectivity index (χ1) is 8.72. The zero-order valence-corrected chi connectivity index (χ0v) is 10.6. The van der Waals surface area contributed by atoms with Crippen LogP contribution in [-0.4, -0.2) is 53.0 Å². The Morgan fingerprint density at radius 2 is 1.94 bits per heavy atom. The first kappa shape index (κ1) is 12.8. The van der Waals surface area contributed by atoms with Gasteiger partial charge in [0.2, 0.25) is 11.9 Å². The lowest BCUT2D eigenvalue weighted by Crippen LogP contribution is -2.53. The summed E-state index contributed by atoms with van der Waals surface area (Å²) in [6.45, 7) is 4.81. The van der Waals surface area contributed by atoms with Gasteiger partial charge in [0.05, 0.1) is 6.04 Å². The molecule has 18 heavy (non-hydrogen) atoms. The summed E-state index contributed by atoms with van der Waals surface area (Å²) >= 11 is 0. The number of carbonyl (C=O) groups is 1. The molecular weight excluding hydrogens is 230 g/mol. The van der Waals surface area contributed by atoms with E-state index in [0.29, 0.717) is 19.5 Å². The first-order valence-corrected chi connectivity index (χ1v) is 6.28. The molecule has 2 N–H and O–H groups in total. The summed E-state index contributed by atoms with van der Waals surface area (Å²) in [4.78, 5) is 24.3. The van der Waals surface area contributed by atoms with Crippen molar-refractivity contribution in [2.75, 3.05) is 31.1 Å². The van der Waals surface area contributed by atoms with Crippen molar-refractivity contribution in [3.05, 3.63) is 18.5 Å². The molecule has 0 bridgehead atoms. The van der Waals surface area contributed by atoms with Crippen LogP contribution in [0.5, 0.6) is 0 Å². The fourth-order valence-electron chi connectivity index (χ4n) is 1.99. The Labute approximate surface area is 107 Å². The van der Waals surface area contributed by atoms with Crippen LogP contribution in [0.2, 0.25) is 0 Å². The van der Waals surface area contributed by atoms with Crippen molar-refractivity contribution >= 4 is 11.9 Å². The molecule has 0 saturated carbocycles. The fraction of sp³-hybridized carbons (Fsp3) is 0.583. The van der Waals surface area contributed by atoms with Crippen molar-refractivity contribution in [1.29, 1.82) is 0 Å². The van der Waals surface area contributed by atoms with E-state index in [1.54, 1.807) is 18.5 Å². The number of hydrogen-bond acceptors (Lipinski definition) is 5. The summed E-state index contributed by atoms with van der Waals surface area (Å²) < 4.78 is 0. The number of aromatic nitrogens is 2. The van der Waals surface area contributed by atoms with Crippen LogP contribution in [0.4, 0.5) is 5.95 Å². The highest BCUT2D eigenvalue weighted by molar-refractivity contribution is 5.81. The Hall–Kier alpha value is -1.69. The number of anilines is 1. The summed E-state index contributed by atoms with van der Waals surface area (Å²) in [5.41, 5.74) is 5.76. The normalized spacial score (nSPS) is 17.7. The van der Waals surface area contributed by atoms with Crippen LogP contribution in [0.3, 0.4) is 0 Å². The van der Waals surface area contributed by atoms with E-state index in [0.717, 1.165) is 19.0 Å². The van der Waals surface area contributed by atoms with Gasteiger partial charge >= 0.3 is 0 Å². The molecule has 1 aromatic heterocycles. The van der Waals surface area contributed by atoms with Gasteiger partial charge in [-0.15, -0.1) is 0 Å². The Morgan fingerprint density at radius 1 is 1.33 bits per heavy atom. The maximum Gasteiger partial charge on any atom is 0.239 e. The van der Waals surface area contributed by atoms with Gasteiger partial charge in [-0.2, -0.15) is 0 Å². The molecule has 0 unspecified atom stereocenters. The van der Waals surface area contributed by atoms with Gasteiger partial charge in [0.15, 0.2) is 0 Å². The molecule has 2 heterocycles. The van der Waals surface area contributed by atoms with E-state index >= 15 is 0 Å². The second-order valence-electron chi connectivity index (χ2n) is 4.38. The lowest BCUT2D eigenvalue weighted by molar-refractivity contribution is -0.132. The molecule has 1 aromatic rings. The highest BCUT2D eigenvalue weighted by atomic mass is 16.2. The zero-order chi connectivity index (χ0) is 13.0. The van der Waals surface area contributed by atoms with Crippen molar-refractivity contribution < 1.29 is 4.79 Å². The van der Waals surface area contributed by atoms with Crippen LogP contribution in [0, 0.1) is 0 Å². The molecule has 2 rings (SSSR count). The molecule has 0 aromatic carbocycles. The molecule has 1 aliphatic rings. The fourth-order valence-corrected chi connectivity index (χ4v) is 1.99. The van der Waals surface area contributed by atoms with Gasteiger partial charge in [0, 0.05) is 38.6 Å².